The van der Waals surface area contributed by atoms with Crippen molar-refractivity contribution in [2.45, 2.75) is 13.3 Å². The van der Waals surface area contributed by atoms with Gasteiger partial charge < -0.3 is 10.0 Å². The van der Waals surface area contributed by atoms with Gasteiger partial charge in [0.05, 0.1) is 11.4 Å². The Labute approximate surface area is 93.5 Å². The molecule has 1 N–H and O–H groups in total. The Balaban J connectivity index is 2.77. The van der Waals surface area contributed by atoms with Gasteiger partial charge in [-0.05, 0) is 18.6 Å². The highest BCUT2D eigenvalue weighted by Crippen LogP contribution is 2.25. The molecule has 1 aromatic heterocycles. The van der Waals surface area contributed by atoms with E-state index in [0.717, 1.165) is 5.56 Å². The third kappa shape index (κ3) is 3.09. The first-order chi connectivity index (χ1) is 7.02. The molecule has 0 aliphatic carbocycles. The van der Waals surface area contributed by atoms with Crippen molar-refractivity contribution in [3.8, 4) is 0 Å². The van der Waals surface area contributed by atoms with E-state index in [-0.39, 0.29) is 6.42 Å². The summed E-state index contributed by atoms with van der Waals surface area (Å²) in [5.74, 6) is -0.205. The molecule has 0 unspecified atom stereocenters. The highest BCUT2D eigenvalue weighted by molar-refractivity contribution is 6.33. The quantitative estimate of drug-likeness (QED) is 0.856. The zero-order valence-electron chi connectivity index (χ0n) is 8.70. The van der Waals surface area contributed by atoms with Crippen LogP contribution in [0.1, 0.15) is 12.0 Å². The lowest BCUT2D eigenvalue weighted by atomic mass is 10.3. The molecular formula is C10H13ClN2O2. The normalized spacial score (nSPS) is 10.1. The number of pyridine rings is 1. The van der Waals surface area contributed by atoms with Crippen LogP contribution in [0, 0.1) is 6.92 Å². The van der Waals surface area contributed by atoms with Gasteiger partial charge in [-0.3, -0.25) is 4.79 Å². The molecule has 0 radical (unpaired) electrons. The predicted octanol–water partition coefficient (Wildman–Crippen LogP) is 1.95. The molecule has 82 valence electrons. The highest BCUT2D eigenvalue weighted by Gasteiger charge is 2.10. The number of carboxylic acids is 1. The lowest BCUT2D eigenvalue weighted by Crippen LogP contribution is -2.22. The molecule has 1 aromatic rings. The molecule has 0 spiro atoms. The molecule has 1 heterocycles. The van der Waals surface area contributed by atoms with Crippen molar-refractivity contribution >= 4 is 23.4 Å². The maximum atomic E-state index is 10.4. The van der Waals surface area contributed by atoms with E-state index in [1.165, 1.54) is 0 Å². The average Bonchev–Trinajstić information content (AvgIpc) is 2.18. The first-order valence-electron chi connectivity index (χ1n) is 4.56. The molecule has 0 aliphatic heterocycles. The smallest absolute Gasteiger partial charge is 0.305 e. The van der Waals surface area contributed by atoms with Gasteiger partial charge in [0.1, 0.15) is 5.82 Å². The Morgan fingerprint density at radius 3 is 2.93 bits per heavy atom. The maximum absolute atomic E-state index is 10.4. The molecule has 0 saturated heterocycles. The van der Waals surface area contributed by atoms with Crippen LogP contribution < -0.4 is 4.90 Å². The summed E-state index contributed by atoms with van der Waals surface area (Å²) in [6.45, 7) is 2.28. The predicted molar refractivity (Wildman–Crippen MR) is 59.5 cm³/mol. The molecule has 5 heteroatoms. The second-order valence-electron chi connectivity index (χ2n) is 3.33. The number of anilines is 1. The topological polar surface area (TPSA) is 53.4 Å². The Hall–Kier alpha value is -1.29. The second kappa shape index (κ2) is 4.98. The van der Waals surface area contributed by atoms with Crippen molar-refractivity contribution in [3.63, 3.8) is 0 Å². The number of nitrogens with zero attached hydrogens (tertiary/aromatic N) is 2. The SMILES string of the molecule is Cc1ccnc(N(C)CCC(=O)O)c1Cl. The minimum absolute atomic E-state index is 0.0719. The summed E-state index contributed by atoms with van der Waals surface area (Å²) in [4.78, 5) is 16.3. The molecule has 1 rings (SSSR count). The summed E-state index contributed by atoms with van der Waals surface area (Å²) in [5.41, 5.74) is 0.934. The van der Waals surface area contributed by atoms with Crippen LogP contribution in [0.4, 0.5) is 5.82 Å². The summed E-state index contributed by atoms with van der Waals surface area (Å²) >= 11 is 6.05. The van der Waals surface area contributed by atoms with Gasteiger partial charge in [0.2, 0.25) is 0 Å². The van der Waals surface area contributed by atoms with Crippen molar-refractivity contribution in [1.82, 2.24) is 4.98 Å². The van der Waals surface area contributed by atoms with Gasteiger partial charge >= 0.3 is 5.97 Å². The number of carbonyl (C=O) groups is 1. The number of aryl methyl sites for hydroxylation is 1. The van der Waals surface area contributed by atoms with Crippen LogP contribution >= 0.6 is 11.6 Å². The van der Waals surface area contributed by atoms with E-state index in [4.69, 9.17) is 16.7 Å². The Morgan fingerprint density at radius 2 is 2.33 bits per heavy atom. The zero-order valence-corrected chi connectivity index (χ0v) is 9.45. The summed E-state index contributed by atoms with van der Waals surface area (Å²) in [5, 5.41) is 9.13. The molecule has 0 aromatic carbocycles. The zero-order chi connectivity index (χ0) is 11.4. The fourth-order valence-corrected chi connectivity index (χ4v) is 1.42. The largest absolute Gasteiger partial charge is 0.481 e. The van der Waals surface area contributed by atoms with E-state index < -0.39 is 5.97 Å². The number of halogens is 1. The summed E-state index contributed by atoms with van der Waals surface area (Å²) in [7, 11) is 1.77. The standard InChI is InChI=1S/C10H13ClN2O2/c1-7-3-5-12-10(9(7)11)13(2)6-4-8(14)15/h3,5H,4,6H2,1-2H3,(H,14,15). The number of carboxylic acid groups (broad SMARTS) is 1. The molecule has 0 aliphatic rings. The van der Waals surface area contributed by atoms with E-state index in [2.05, 4.69) is 4.98 Å². The van der Waals surface area contributed by atoms with Crippen LogP contribution in [0.25, 0.3) is 0 Å². The van der Waals surface area contributed by atoms with Gasteiger partial charge in [0.15, 0.2) is 0 Å². The van der Waals surface area contributed by atoms with Gasteiger partial charge in [0.25, 0.3) is 0 Å². The fraction of sp³-hybridized carbons (Fsp3) is 0.400. The first-order valence-corrected chi connectivity index (χ1v) is 4.94. The van der Waals surface area contributed by atoms with Gasteiger partial charge in [-0.2, -0.15) is 0 Å². The number of rotatable bonds is 4. The molecule has 0 bridgehead atoms. The van der Waals surface area contributed by atoms with Crippen LogP contribution in [0.2, 0.25) is 5.02 Å². The number of hydrogen-bond donors (Lipinski definition) is 1. The van der Waals surface area contributed by atoms with Gasteiger partial charge in [-0.1, -0.05) is 11.6 Å². The van der Waals surface area contributed by atoms with Gasteiger partial charge in [0, 0.05) is 19.8 Å². The third-order valence-corrected chi connectivity index (χ3v) is 2.55. The number of hydrogen-bond acceptors (Lipinski definition) is 3. The minimum Gasteiger partial charge on any atom is -0.481 e. The second-order valence-corrected chi connectivity index (χ2v) is 3.71. The number of aromatic nitrogens is 1. The molecule has 15 heavy (non-hydrogen) atoms. The Morgan fingerprint density at radius 1 is 1.67 bits per heavy atom. The summed E-state index contributed by atoms with van der Waals surface area (Å²) in [6.07, 6.45) is 1.73. The molecule has 0 saturated carbocycles. The van der Waals surface area contributed by atoms with Crippen LogP contribution in [0.3, 0.4) is 0 Å². The van der Waals surface area contributed by atoms with Crippen LogP contribution in [0.15, 0.2) is 12.3 Å². The lowest BCUT2D eigenvalue weighted by molar-refractivity contribution is -0.136. The first kappa shape index (κ1) is 11.8. The van der Waals surface area contributed by atoms with Crippen molar-refractivity contribution in [3.05, 3.63) is 22.8 Å². The van der Waals surface area contributed by atoms with E-state index >= 15 is 0 Å². The van der Waals surface area contributed by atoms with Gasteiger partial charge in [-0.25, -0.2) is 4.98 Å². The monoisotopic (exact) mass is 228 g/mol. The molecule has 0 amide bonds. The third-order valence-electron chi connectivity index (χ3n) is 2.09. The summed E-state index contributed by atoms with van der Waals surface area (Å²) in [6, 6.07) is 1.82. The molecule has 4 nitrogen and oxygen atoms in total. The lowest BCUT2D eigenvalue weighted by Gasteiger charge is -2.18. The fourth-order valence-electron chi connectivity index (χ4n) is 1.16. The van der Waals surface area contributed by atoms with Crippen molar-refractivity contribution in [2.24, 2.45) is 0 Å². The Kier molecular flexibility index (Phi) is 3.91. The maximum Gasteiger partial charge on any atom is 0.305 e. The van der Waals surface area contributed by atoms with E-state index in [1.807, 2.05) is 13.0 Å². The van der Waals surface area contributed by atoms with Crippen LogP contribution in [-0.2, 0) is 4.79 Å². The molecule has 0 atom stereocenters. The summed E-state index contributed by atoms with van der Waals surface area (Å²) < 4.78 is 0. The molecular weight excluding hydrogens is 216 g/mol. The van der Waals surface area contributed by atoms with Crippen LogP contribution in [-0.4, -0.2) is 29.7 Å². The highest BCUT2D eigenvalue weighted by atomic mass is 35.5. The van der Waals surface area contributed by atoms with E-state index in [9.17, 15) is 4.79 Å². The minimum atomic E-state index is -0.828. The Bertz CT molecular complexity index is 368. The van der Waals surface area contributed by atoms with E-state index in [1.54, 1.807) is 18.1 Å². The van der Waals surface area contributed by atoms with Crippen molar-refractivity contribution < 1.29 is 9.90 Å². The van der Waals surface area contributed by atoms with Gasteiger partial charge in [-0.15, -0.1) is 0 Å². The number of aliphatic carboxylic acids is 1. The van der Waals surface area contributed by atoms with Crippen LogP contribution in [0.5, 0.6) is 0 Å². The average molecular weight is 229 g/mol. The van der Waals surface area contributed by atoms with E-state index in [0.29, 0.717) is 17.4 Å². The van der Waals surface area contributed by atoms with Crippen molar-refractivity contribution in [2.75, 3.05) is 18.5 Å². The molecule has 0 fully saturated rings. The van der Waals surface area contributed by atoms with Crippen molar-refractivity contribution in [1.29, 1.82) is 0 Å².